The summed E-state index contributed by atoms with van der Waals surface area (Å²) in [6.07, 6.45) is 7.79. The molecule has 0 atom stereocenters. The zero-order valence-corrected chi connectivity index (χ0v) is 13.2. The minimum atomic E-state index is -0.331. The predicted octanol–water partition coefficient (Wildman–Crippen LogP) is 3.26. The number of nitrogens with zero attached hydrogens (tertiary/aromatic N) is 1. The van der Waals surface area contributed by atoms with Crippen LogP contribution in [0.15, 0.2) is 35.9 Å². The fraction of sp³-hybridized carbons (Fsp3) is 0.444. The Morgan fingerprint density at radius 3 is 2.70 bits per heavy atom. The van der Waals surface area contributed by atoms with Crippen LogP contribution in [0.5, 0.6) is 0 Å². The first-order valence-corrected chi connectivity index (χ1v) is 8.24. The molecular formula is C18H22N2O3. The summed E-state index contributed by atoms with van der Waals surface area (Å²) in [4.78, 5) is 25.2. The van der Waals surface area contributed by atoms with E-state index >= 15 is 0 Å². The molecule has 0 radical (unpaired) electrons. The lowest BCUT2D eigenvalue weighted by Crippen LogP contribution is -2.25. The molecule has 1 fully saturated rings. The highest BCUT2D eigenvalue weighted by molar-refractivity contribution is 5.95. The van der Waals surface area contributed by atoms with E-state index in [0.717, 1.165) is 18.5 Å². The minimum Gasteiger partial charge on any atom is -0.447 e. The third-order valence-electron chi connectivity index (χ3n) is 4.32. The molecule has 5 heteroatoms. The van der Waals surface area contributed by atoms with E-state index < -0.39 is 0 Å². The van der Waals surface area contributed by atoms with Crippen LogP contribution in [-0.4, -0.2) is 31.7 Å². The number of hydrogen-bond donors (Lipinski definition) is 1. The molecule has 2 amide bonds. The first-order valence-electron chi connectivity index (χ1n) is 8.24. The summed E-state index contributed by atoms with van der Waals surface area (Å²) in [5, 5.41) is 2.96. The highest BCUT2D eigenvalue weighted by Crippen LogP contribution is 2.20. The van der Waals surface area contributed by atoms with Crippen molar-refractivity contribution in [1.82, 2.24) is 5.32 Å². The van der Waals surface area contributed by atoms with Crippen molar-refractivity contribution in [3.63, 3.8) is 0 Å². The molecular weight excluding hydrogens is 292 g/mol. The zero-order chi connectivity index (χ0) is 16.1. The van der Waals surface area contributed by atoms with Gasteiger partial charge >= 0.3 is 6.09 Å². The zero-order valence-electron chi connectivity index (χ0n) is 13.2. The highest BCUT2D eigenvalue weighted by atomic mass is 16.6. The average Bonchev–Trinajstić information content (AvgIpc) is 3.02. The second-order valence-electron chi connectivity index (χ2n) is 5.93. The van der Waals surface area contributed by atoms with Gasteiger partial charge in [-0.3, -0.25) is 9.69 Å². The van der Waals surface area contributed by atoms with Gasteiger partial charge in [0.05, 0.1) is 6.54 Å². The summed E-state index contributed by atoms with van der Waals surface area (Å²) in [7, 11) is 0. The summed E-state index contributed by atoms with van der Waals surface area (Å²) in [5.41, 5.74) is 2.83. The number of nitrogens with one attached hydrogen (secondary N) is 1. The van der Waals surface area contributed by atoms with Crippen LogP contribution in [0.3, 0.4) is 0 Å². The fourth-order valence-corrected chi connectivity index (χ4v) is 2.99. The molecule has 1 heterocycles. The van der Waals surface area contributed by atoms with E-state index in [9.17, 15) is 9.59 Å². The van der Waals surface area contributed by atoms with Gasteiger partial charge in [-0.2, -0.15) is 0 Å². The van der Waals surface area contributed by atoms with Crippen molar-refractivity contribution in [2.24, 2.45) is 0 Å². The van der Waals surface area contributed by atoms with Crippen LogP contribution in [0.25, 0.3) is 0 Å². The largest absolute Gasteiger partial charge is 0.447 e. The number of anilines is 1. The van der Waals surface area contributed by atoms with Crippen LogP contribution < -0.4 is 10.2 Å². The van der Waals surface area contributed by atoms with E-state index in [-0.39, 0.29) is 12.0 Å². The summed E-state index contributed by atoms with van der Waals surface area (Å²) in [6, 6.07) is 7.06. The number of amides is 2. The van der Waals surface area contributed by atoms with Gasteiger partial charge in [0.2, 0.25) is 0 Å². The van der Waals surface area contributed by atoms with E-state index in [0.29, 0.717) is 25.3 Å². The standard InChI is InChI=1S/C18H22N2O3/c21-17(19-11-10-14-4-2-1-3-5-14)15-6-8-16(9-7-15)20-12-13-23-18(20)22/h4,6-9H,1-3,5,10-13H2,(H,19,21). The van der Waals surface area contributed by atoms with E-state index in [1.165, 1.54) is 24.8 Å². The van der Waals surface area contributed by atoms with Gasteiger partial charge in [-0.15, -0.1) is 0 Å². The summed E-state index contributed by atoms with van der Waals surface area (Å²) < 4.78 is 4.91. The van der Waals surface area contributed by atoms with Crippen molar-refractivity contribution in [3.05, 3.63) is 41.5 Å². The molecule has 2 aliphatic rings. The monoisotopic (exact) mass is 314 g/mol. The molecule has 122 valence electrons. The smallest absolute Gasteiger partial charge is 0.414 e. The van der Waals surface area contributed by atoms with Crippen molar-refractivity contribution in [2.45, 2.75) is 32.1 Å². The molecule has 1 aromatic rings. The molecule has 23 heavy (non-hydrogen) atoms. The van der Waals surface area contributed by atoms with Crippen molar-refractivity contribution in [2.75, 3.05) is 24.6 Å². The van der Waals surface area contributed by atoms with Crippen LogP contribution in [0.2, 0.25) is 0 Å². The molecule has 1 aromatic carbocycles. The molecule has 0 saturated carbocycles. The van der Waals surface area contributed by atoms with E-state index in [1.54, 1.807) is 29.2 Å². The molecule has 3 rings (SSSR count). The van der Waals surface area contributed by atoms with E-state index in [4.69, 9.17) is 4.74 Å². The maximum atomic E-state index is 12.1. The van der Waals surface area contributed by atoms with Crippen molar-refractivity contribution < 1.29 is 14.3 Å². The Labute approximate surface area is 136 Å². The maximum absolute atomic E-state index is 12.1. The van der Waals surface area contributed by atoms with Gasteiger partial charge < -0.3 is 10.1 Å². The minimum absolute atomic E-state index is 0.0723. The topological polar surface area (TPSA) is 58.6 Å². The Balaban J connectivity index is 1.51. The first-order chi connectivity index (χ1) is 11.2. The van der Waals surface area contributed by atoms with E-state index in [1.807, 2.05) is 0 Å². The van der Waals surface area contributed by atoms with Crippen LogP contribution in [-0.2, 0) is 4.74 Å². The Kier molecular flexibility index (Phi) is 4.95. The van der Waals surface area contributed by atoms with Crippen LogP contribution >= 0.6 is 0 Å². The maximum Gasteiger partial charge on any atom is 0.414 e. The molecule has 1 N–H and O–H groups in total. The van der Waals surface area contributed by atoms with Gasteiger partial charge in [0, 0.05) is 17.8 Å². The Hall–Kier alpha value is -2.30. The number of carbonyl (C=O) groups excluding carboxylic acids is 2. The first kappa shape index (κ1) is 15.6. The molecule has 0 spiro atoms. The van der Waals surface area contributed by atoms with Gasteiger partial charge in [0.25, 0.3) is 5.91 Å². The SMILES string of the molecule is O=C(NCCC1=CCCCC1)c1ccc(N2CCOC2=O)cc1. The number of allylic oxidation sites excluding steroid dienone is 1. The average molecular weight is 314 g/mol. The lowest BCUT2D eigenvalue weighted by atomic mass is 9.97. The lowest BCUT2D eigenvalue weighted by Gasteiger charge is -2.14. The summed E-state index contributed by atoms with van der Waals surface area (Å²) in [6.45, 7) is 1.64. The highest BCUT2D eigenvalue weighted by Gasteiger charge is 2.23. The quantitative estimate of drug-likeness (QED) is 0.849. The Bertz CT molecular complexity index is 607. The number of hydrogen-bond acceptors (Lipinski definition) is 3. The number of cyclic esters (lactones) is 1. The molecule has 0 aromatic heterocycles. The van der Waals surface area contributed by atoms with Gasteiger partial charge in [-0.1, -0.05) is 11.6 Å². The molecule has 1 aliphatic heterocycles. The fourth-order valence-electron chi connectivity index (χ4n) is 2.99. The third-order valence-corrected chi connectivity index (χ3v) is 4.32. The second kappa shape index (κ2) is 7.31. The third kappa shape index (κ3) is 3.92. The van der Waals surface area contributed by atoms with Crippen molar-refractivity contribution in [3.8, 4) is 0 Å². The van der Waals surface area contributed by atoms with Crippen molar-refractivity contribution in [1.29, 1.82) is 0 Å². The van der Waals surface area contributed by atoms with E-state index in [2.05, 4.69) is 11.4 Å². The Morgan fingerprint density at radius 2 is 2.04 bits per heavy atom. The Morgan fingerprint density at radius 1 is 1.22 bits per heavy atom. The molecule has 1 aliphatic carbocycles. The lowest BCUT2D eigenvalue weighted by molar-refractivity contribution is 0.0954. The number of benzene rings is 1. The summed E-state index contributed by atoms with van der Waals surface area (Å²) >= 11 is 0. The van der Waals surface area contributed by atoms with Gasteiger partial charge in [-0.05, 0) is 56.4 Å². The molecule has 5 nitrogen and oxygen atoms in total. The van der Waals surface area contributed by atoms with Gasteiger partial charge in [0.15, 0.2) is 0 Å². The number of ether oxygens (including phenoxy) is 1. The van der Waals surface area contributed by atoms with Crippen molar-refractivity contribution >= 4 is 17.7 Å². The second-order valence-corrected chi connectivity index (χ2v) is 5.93. The predicted molar refractivity (Wildman–Crippen MR) is 88.6 cm³/mol. The molecule has 1 saturated heterocycles. The normalized spacial score (nSPS) is 17.7. The summed E-state index contributed by atoms with van der Waals surface area (Å²) in [5.74, 6) is -0.0723. The van der Waals surface area contributed by atoms with Crippen LogP contribution in [0, 0.1) is 0 Å². The molecule has 0 unspecified atom stereocenters. The van der Waals surface area contributed by atoms with Crippen LogP contribution in [0.1, 0.15) is 42.5 Å². The van der Waals surface area contributed by atoms with Crippen LogP contribution in [0.4, 0.5) is 10.5 Å². The van der Waals surface area contributed by atoms with Gasteiger partial charge in [-0.25, -0.2) is 4.79 Å². The molecule has 0 bridgehead atoms. The van der Waals surface area contributed by atoms with Gasteiger partial charge in [0.1, 0.15) is 6.61 Å². The number of carbonyl (C=O) groups is 2. The number of rotatable bonds is 5.